The Morgan fingerprint density at radius 1 is 1.20 bits per heavy atom. The van der Waals surface area contributed by atoms with Gasteiger partial charge < -0.3 is 4.90 Å². The lowest BCUT2D eigenvalue weighted by molar-refractivity contribution is 1.13. The molecule has 0 amide bonds. The van der Waals surface area contributed by atoms with Gasteiger partial charge in [0.2, 0.25) is 0 Å². The molecule has 2 heteroatoms. The molecule has 2 aromatic rings. The zero-order valence-corrected chi connectivity index (χ0v) is 8.94. The molecule has 0 aliphatic rings. The lowest BCUT2D eigenvalue weighted by Crippen LogP contribution is -2.08. The van der Waals surface area contributed by atoms with Crippen molar-refractivity contribution in [3.63, 3.8) is 0 Å². The summed E-state index contributed by atoms with van der Waals surface area (Å²) < 4.78 is 0. The molecule has 0 spiro atoms. The first-order chi connectivity index (χ1) is 7.27. The minimum atomic E-state index is 0.959. The van der Waals surface area contributed by atoms with Crippen LogP contribution in [0.1, 0.15) is 0 Å². The summed E-state index contributed by atoms with van der Waals surface area (Å²) in [5.41, 5.74) is 3.15. The van der Waals surface area contributed by atoms with Gasteiger partial charge >= 0.3 is 0 Å². The molecule has 0 saturated heterocycles. The first-order valence-electron chi connectivity index (χ1n) is 4.88. The molecule has 15 heavy (non-hydrogen) atoms. The van der Waals surface area contributed by atoms with Gasteiger partial charge in [0.05, 0.1) is 5.69 Å². The van der Waals surface area contributed by atoms with Crippen LogP contribution in [0.4, 0.5) is 5.69 Å². The van der Waals surface area contributed by atoms with Gasteiger partial charge in [0.15, 0.2) is 0 Å². The van der Waals surface area contributed by atoms with Crippen LogP contribution in [0.5, 0.6) is 0 Å². The highest BCUT2D eigenvalue weighted by Crippen LogP contribution is 2.20. The molecule has 0 unspecified atom stereocenters. The fourth-order valence-corrected chi connectivity index (χ4v) is 1.40. The fraction of sp³-hybridized carbons (Fsp3) is 0.154. The molecule has 1 aromatic heterocycles. The van der Waals surface area contributed by atoms with Crippen LogP contribution in [0, 0.1) is 6.07 Å². The van der Waals surface area contributed by atoms with E-state index in [1.165, 1.54) is 0 Å². The molecule has 1 heterocycles. The van der Waals surface area contributed by atoms with E-state index in [-0.39, 0.29) is 0 Å². The number of nitrogens with zero attached hydrogens (tertiary/aromatic N) is 2. The van der Waals surface area contributed by atoms with E-state index < -0.39 is 0 Å². The maximum atomic E-state index is 4.30. The van der Waals surface area contributed by atoms with Crippen molar-refractivity contribution in [3.05, 3.63) is 48.7 Å². The van der Waals surface area contributed by atoms with Crippen LogP contribution in [0.25, 0.3) is 11.3 Å². The van der Waals surface area contributed by atoms with E-state index in [4.69, 9.17) is 0 Å². The van der Waals surface area contributed by atoms with Gasteiger partial charge in [-0.05, 0) is 30.3 Å². The third-order valence-corrected chi connectivity index (χ3v) is 2.24. The van der Waals surface area contributed by atoms with Gasteiger partial charge in [-0.15, -0.1) is 0 Å². The van der Waals surface area contributed by atoms with Crippen LogP contribution in [0.3, 0.4) is 0 Å². The van der Waals surface area contributed by atoms with Gasteiger partial charge in [0.25, 0.3) is 0 Å². The predicted molar refractivity (Wildman–Crippen MR) is 62.8 cm³/mol. The van der Waals surface area contributed by atoms with Crippen molar-refractivity contribution in [3.8, 4) is 11.3 Å². The van der Waals surface area contributed by atoms with Crippen molar-refractivity contribution < 1.29 is 0 Å². The molecule has 2 nitrogen and oxygen atoms in total. The summed E-state index contributed by atoms with van der Waals surface area (Å²) in [7, 11) is 4.05. The summed E-state index contributed by atoms with van der Waals surface area (Å²) in [4.78, 5) is 6.37. The molecule has 1 radical (unpaired) electrons. The molecular weight excluding hydrogens is 184 g/mol. The smallest absolute Gasteiger partial charge is 0.0708 e. The van der Waals surface area contributed by atoms with E-state index in [0.717, 1.165) is 16.9 Å². The zero-order valence-electron chi connectivity index (χ0n) is 8.94. The Morgan fingerprint density at radius 2 is 2.07 bits per heavy atom. The minimum absolute atomic E-state index is 0.959. The van der Waals surface area contributed by atoms with Gasteiger partial charge in [0.1, 0.15) is 0 Å². The maximum Gasteiger partial charge on any atom is 0.0708 e. The Morgan fingerprint density at radius 3 is 2.73 bits per heavy atom. The van der Waals surface area contributed by atoms with Crippen LogP contribution in [-0.4, -0.2) is 19.1 Å². The summed E-state index contributed by atoms with van der Waals surface area (Å²) >= 11 is 0. The molecule has 0 atom stereocenters. The normalized spacial score (nSPS) is 10.0. The average Bonchev–Trinajstić information content (AvgIpc) is 2.30. The summed E-state index contributed by atoms with van der Waals surface area (Å²) in [5.74, 6) is 0. The van der Waals surface area contributed by atoms with Gasteiger partial charge in [-0.1, -0.05) is 12.1 Å². The van der Waals surface area contributed by atoms with Crippen LogP contribution in [0.15, 0.2) is 42.6 Å². The Labute approximate surface area is 90.2 Å². The Kier molecular flexibility index (Phi) is 2.68. The molecule has 0 bridgehead atoms. The van der Waals surface area contributed by atoms with E-state index in [1.54, 1.807) is 6.20 Å². The fourth-order valence-electron chi connectivity index (χ4n) is 1.40. The highest BCUT2D eigenvalue weighted by Gasteiger charge is 2.00. The molecule has 75 valence electrons. The van der Waals surface area contributed by atoms with Gasteiger partial charge in [0, 0.05) is 31.5 Å². The second-order valence-electron chi connectivity index (χ2n) is 3.57. The van der Waals surface area contributed by atoms with Crippen molar-refractivity contribution in [2.75, 3.05) is 19.0 Å². The Bertz CT molecular complexity index is 435. The minimum Gasteiger partial charge on any atom is -0.378 e. The molecule has 1 aromatic carbocycles. The molecule has 0 N–H and O–H groups in total. The molecular formula is C13H13N2. The van der Waals surface area contributed by atoms with E-state index in [9.17, 15) is 0 Å². The van der Waals surface area contributed by atoms with Gasteiger partial charge in [-0.2, -0.15) is 0 Å². The lowest BCUT2D eigenvalue weighted by Gasteiger charge is -2.13. The first-order valence-corrected chi connectivity index (χ1v) is 4.88. The number of anilines is 1. The third kappa shape index (κ3) is 2.15. The van der Waals surface area contributed by atoms with E-state index >= 15 is 0 Å². The number of rotatable bonds is 2. The molecule has 0 aliphatic carbocycles. The van der Waals surface area contributed by atoms with Crippen LogP contribution in [-0.2, 0) is 0 Å². The predicted octanol–water partition coefficient (Wildman–Crippen LogP) is 2.61. The largest absolute Gasteiger partial charge is 0.378 e. The van der Waals surface area contributed by atoms with Crippen molar-refractivity contribution in [2.45, 2.75) is 0 Å². The topological polar surface area (TPSA) is 16.1 Å². The van der Waals surface area contributed by atoms with E-state index in [0.29, 0.717) is 0 Å². The Hall–Kier alpha value is -1.83. The van der Waals surface area contributed by atoms with Crippen LogP contribution >= 0.6 is 0 Å². The van der Waals surface area contributed by atoms with Crippen molar-refractivity contribution >= 4 is 5.69 Å². The first kappa shape index (κ1) is 9.71. The lowest BCUT2D eigenvalue weighted by atomic mass is 10.1. The standard InChI is InChI=1S/C13H13N2/c1-15(2)12-7-5-6-11(10-12)13-8-3-4-9-14-13/h3-5,7-10H,1-2H3. The van der Waals surface area contributed by atoms with Crippen molar-refractivity contribution in [2.24, 2.45) is 0 Å². The number of benzene rings is 1. The van der Waals surface area contributed by atoms with Gasteiger partial charge in [-0.3, -0.25) is 4.98 Å². The number of hydrogen-bond acceptors (Lipinski definition) is 2. The third-order valence-electron chi connectivity index (χ3n) is 2.24. The van der Waals surface area contributed by atoms with E-state index in [1.807, 2.05) is 44.4 Å². The quantitative estimate of drug-likeness (QED) is 0.735. The molecule has 0 aliphatic heterocycles. The Balaban J connectivity index is 2.42. The summed E-state index contributed by atoms with van der Waals surface area (Å²) in [6.45, 7) is 0. The second-order valence-corrected chi connectivity index (χ2v) is 3.57. The highest BCUT2D eigenvalue weighted by atomic mass is 15.1. The summed E-state index contributed by atoms with van der Waals surface area (Å²) in [6.07, 6.45) is 1.80. The van der Waals surface area contributed by atoms with E-state index in [2.05, 4.69) is 22.0 Å². The SMILES string of the molecule is CN(C)c1cc[c]c(-c2ccccn2)c1. The molecule has 0 saturated carbocycles. The van der Waals surface area contributed by atoms with Crippen LogP contribution < -0.4 is 4.90 Å². The molecule has 2 rings (SSSR count). The number of aromatic nitrogens is 1. The molecule has 0 fully saturated rings. The average molecular weight is 197 g/mol. The van der Waals surface area contributed by atoms with Crippen molar-refractivity contribution in [1.29, 1.82) is 0 Å². The van der Waals surface area contributed by atoms with Crippen molar-refractivity contribution in [1.82, 2.24) is 4.98 Å². The number of pyridine rings is 1. The maximum absolute atomic E-state index is 4.30. The number of hydrogen-bond donors (Lipinski definition) is 0. The summed E-state index contributed by atoms with van der Waals surface area (Å²) in [6, 6.07) is 15.1. The van der Waals surface area contributed by atoms with Gasteiger partial charge in [-0.25, -0.2) is 0 Å². The summed E-state index contributed by atoms with van der Waals surface area (Å²) in [5, 5.41) is 0. The highest BCUT2D eigenvalue weighted by molar-refractivity contribution is 5.64. The second kappa shape index (κ2) is 4.13. The monoisotopic (exact) mass is 197 g/mol. The van der Waals surface area contributed by atoms with Crippen LogP contribution in [0.2, 0.25) is 0 Å². The zero-order chi connectivity index (χ0) is 10.7.